The van der Waals surface area contributed by atoms with Crippen LogP contribution in [0.2, 0.25) is 0 Å². The van der Waals surface area contributed by atoms with E-state index >= 15 is 0 Å². The average molecular weight is 514 g/mol. The number of para-hydroxylation sites is 2. The highest BCUT2D eigenvalue weighted by molar-refractivity contribution is 8.14. The van der Waals surface area contributed by atoms with Gasteiger partial charge in [-0.3, -0.25) is 14.5 Å². The normalized spacial score (nSPS) is 14.3. The number of amidine groups is 1. The Balaban J connectivity index is 1.53. The van der Waals surface area contributed by atoms with Gasteiger partial charge in [-0.15, -0.1) is 0 Å². The second-order valence-electron chi connectivity index (χ2n) is 7.22. The zero-order valence-electron chi connectivity index (χ0n) is 19.0. The predicted octanol–water partition coefficient (Wildman–Crippen LogP) is 5.40. The first-order valence-corrected chi connectivity index (χ1v) is 11.8. The molecule has 2 amide bonds. The van der Waals surface area contributed by atoms with Crippen LogP contribution in [-0.4, -0.2) is 36.0 Å². The summed E-state index contributed by atoms with van der Waals surface area (Å²) in [6, 6.07) is 16.0. The molecule has 1 N–H and O–H groups in total. The number of rotatable bonds is 9. The van der Waals surface area contributed by atoms with Crippen LogP contribution in [0.5, 0.6) is 11.5 Å². The molecule has 0 bridgehead atoms. The summed E-state index contributed by atoms with van der Waals surface area (Å²) < 4.78 is 40.2. The number of hydrogen-bond donors (Lipinski definition) is 1. The van der Waals surface area contributed by atoms with Crippen molar-refractivity contribution in [1.29, 1.82) is 0 Å². The fraction of sp³-hybridized carbons (Fsp3) is 0.160. The fourth-order valence-electron chi connectivity index (χ4n) is 3.27. The molecule has 11 heteroatoms. The molecule has 8 nitrogen and oxygen atoms in total. The largest absolute Gasteiger partial charge is 0.492 e. The van der Waals surface area contributed by atoms with Crippen LogP contribution in [0.4, 0.5) is 20.2 Å². The van der Waals surface area contributed by atoms with Crippen LogP contribution in [0.15, 0.2) is 82.0 Å². The summed E-state index contributed by atoms with van der Waals surface area (Å²) in [5.41, 5.74) is 1.000. The molecule has 2 aromatic carbocycles. The lowest BCUT2D eigenvalue weighted by Gasteiger charge is -2.18. The molecule has 0 unspecified atom stereocenters. The number of hydrogen-bond acceptors (Lipinski definition) is 7. The lowest BCUT2D eigenvalue weighted by atomic mass is 10.2. The molecular formula is C25H21F2N3O5S. The van der Waals surface area contributed by atoms with Gasteiger partial charge in [-0.05, 0) is 55.5 Å². The molecule has 1 aliphatic rings. The molecule has 4 rings (SSSR count). The van der Waals surface area contributed by atoms with Crippen molar-refractivity contribution in [3.63, 3.8) is 0 Å². The number of anilines is 2. The van der Waals surface area contributed by atoms with Gasteiger partial charge in [0.05, 0.1) is 30.0 Å². The van der Waals surface area contributed by atoms with Gasteiger partial charge in [0.15, 0.2) is 5.17 Å². The standard InChI is InChI=1S/C25H21F2N3O5S/c1-2-33-21-8-4-3-7-19(21)28-22(31)15-36-25-29-20(14-18-6-5-13-34-18)23(32)30(25)16-9-11-17(12-10-16)35-24(26)27/h3-14,24H,2,15H2,1H3,(H,28,31)/b20-14-. The number of carbonyl (C=O) groups excluding carboxylic acids is 2. The lowest BCUT2D eigenvalue weighted by molar-refractivity contribution is -0.114. The number of halogens is 2. The van der Waals surface area contributed by atoms with E-state index < -0.39 is 12.5 Å². The number of benzene rings is 2. The Kier molecular flexibility index (Phi) is 8.01. The molecule has 186 valence electrons. The summed E-state index contributed by atoms with van der Waals surface area (Å²) in [6.07, 6.45) is 2.95. The van der Waals surface area contributed by atoms with E-state index in [1.54, 1.807) is 36.4 Å². The first-order valence-electron chi connectivity index (χ1n) is 10.8. The summed E-state index contributed by atoms with van der Waals surface area (Å²) in [7, 11) is 0. The maximum absolute atomic E-state index is 13.2. The SMILES string of the molecule is CCOc1ccccc1NC(=O)CSC1=N/C(=C\c2ccco2)C(=O)N1c1ccc(OC(F)F)cc1. The fourth-order valence-corrected chi connectivity index (χ4v) is 4.09. The smallest absolute Gasteiger partial charge is 0.387 e. The first kappa shape index (κ1) is 25.0. The van der Waals surface area contributed by atoms with Gasteiger partial charge in [-0.25, -0.2) is 4.99 Å². The number of aliphatic imine (C=N–C) groups is 1. The van der Waals surface area contributed by atoms with Gasteiger partial charge in [0.1, 0.15) is 23.0 Å². The average Bonchev–Trinajstić information content (AvgIpc) is 3.47. The zero-order valence-corrected chi connectivity index (χ0v) is 19.8. The van der Waals surface area contributed by atoms with Crippen molar-refractivity contribution in [3.8, 4) is 11.5 Å². The number of carbonyl (C=O) groups is 2. The Hall–Kier alpha value is -4.12. The lowest BCUT2D eigenvalue weighted by Crippen LogP contribution is -2.31. The number of furan rings is 1. The molecule has 0 fully saturated rings. The van der Waals surface area contributed by atoms with Crippen LogP contribution in [0.25, 0.3) is 6.08 Å². The van der Waals surface area contributed by atoms with Gasteiger partial charge in [-0.2, -0.15) is 8.78 Å². The highest BCUT2D eigenvalue weighted by atomic mass is 32.2. The van der Waals surface area contributed by atoms with Crippen LogP contribution in [0.3, 0.4) is 0 Å². The molecule has 2 heterocycles. The van der Waals surface area contributed by atoms with Gasteiger partial charge in [0.2, 0.25) is 5.91 Å². The predicted molar refractivity (Wildman–Crippen MR) is 133 cm³/mol. The molecular weight excluding hydrogens is 492 g/mol. The van der Waals surface area contributed by atoms with Crippen molar-refractivity contribution in [2.75, 3.05) is 22.6 Å². The summed E-state index contributed by atoms with van der Waals surface area (Å²) in [6.45, 7) is -0.675. The van der Waals surface area contributed by atoms with Gasteiger partial charge >= 0.3 is 6.61 Å². The molecule has 0 saturated carbocycles. The van der Waals surface area contributed by atoms with E-state index in [1.165, 1.54) is 41.5 Å². The minimum Gasteiger partial charge on any atom is -0.492 e. The summed E-state index contributed by atoms with van der Waals surface area (Å²) >= 11 is 1.05. The monoisotopic (exact) mass is 513 g/mol. The Labute approximate surface area is 209 Å². The van der Waals surface area contributed by atoms with Crippen molar-refractivity contribution in [1.82, 2.24) is 0 Å². The minimum atomic E-state index is -2.97. The van der Waals surface area contributed by atoms with Crippen LogP contribution >= 0.6 is 11.8 Å². The maximum Gasteiger partial charge on any atom is 0.387 e. The summed E-state index contributed by atoms with van der Waals surface area (Å²) in [4.78, 5) is 31.5. The van der Waals surface area contributed by atoms with E-state index in [9.17, 15) is 18.4 Å². The molecule has 36 heavy (non-hydrogen) atoms. The van der Waals surface area contributed by atoms with E-state index in [0.717, 1.165) is 11.8 Å². The van der Waals surface area contributed by atoms with Crippen molar-refractivity contribution >= 4 is 46.2 Å². The van der Waals surface area contributed by atoms with Crippen LogP contribution < -0.4 is 19.7 Å². The van der Waals surface area contributed by atoms with Crippen molar-refractivity contribution in [2.24, 2.45) is 4.99 Å². The number of nitrogens with one attached hydrogen (secondary N) is 1. The minimum absolute atomic E-state index is 0.0507. The highest BCUT2D eigenvalue weighted by Crippen LogP contribution is 2.31. The molecule has 0 saturated heterocycles. The first-order chi connectivity index (χ1) is 17.4. The second kappa shape index (κ2) is 11.5. The molecule has 0 aliphatic carbocycles. The van der Waals surface area contributed by atoms with Crippen LogP contribution in [0.1, 0.15) is 12.7 Å². The molecule has 0 spiro atoms. The third kappa shape index (κ3) is 6.11. The topological polar surface area (TPSA) is 93.4 Å². The van der Waals surface area contributed by atoms with E-state index in [0.29, 0.717) is 29.5 Å². The Morgan fingerprint density at radius 2 is 1.94 bits per heavy atom. The Bertz CT molecular complexity index is 1280. The maximum atomic E-state index is 13.2. The van der Waals surface area contributed by atoms with Gasteiger partial charge < -0.3 is 19.2 Å². The molecule has 1 aliphatic heterocycles. The number of amides is 2. The summed E-state index contributed by atoms with van der Waals surface area (Å²) in [5.74, 6) is 0.0847. The Morgan fingerprint density at radius 1 is 1.17 bits per heavy atom. The Morgan fingerprint density at radius 3 is 2.64 bits per heavy atom. The number of ether oxygens (including phenoxy) is 2. The number of alkyl halides is 2. The number of nitrogens with zero attached hydrogens (tertiary/aromatic N) is 2. The van der Waals surface area contributed by atoms with Crippen LogP contribution in [-0.2, 0) is 9.59 Å². The zero-order chi connectivity index (χ0) is 25.5. The van der Waals surface area contributed by atoms with Crippen molar-refractivity contribution < 1.29 is 32.3 Å². The van der Waals surface area contributed by atoms with Gasteiger partial charge in [-0.1, -0.05) is 23.9 Å². The second-order valence-corrected chi connectivity index (χ2v) is 8.16. The van der Waals surface area contributed by atoms with E-state index in [-0.39, 0.29) is 28.3 Å². The summed E-state index contributed by atoms with van der Waals surface area (Å²) in [5, 5.41) is 3.04. The highest BCUT2D eigenvalue weighted by Gasteiger charge is 2.32. The van der Waals surface area contributed by atoms with E-state index in [2.05, 4.69) is 15.0 Å². The van der Waals surface area contributed by atoms with Crippen molar-refractivity contribution in [3.05, 3.63) is 78.4 Å². The molecule has 0 atom stereocenters. The van der Waals surface area contributed by atoms with E-state index in [1.807, 2.05) is 6.92 Å². The third-order valence-electron chi connectivity index (χ3n) is 4.77. The quantitative estimate of drug-likeness (QED) is 0.386. The van der Waals surface area contributed by atoms with E-state index in [4.69, 9.17) is 9.15 Å². The van der Waals surface area contributed by atoms with Gasteiger partial charge in [0.25, 0.3) is 5.91 Å². The third-order valence-corrected chi connectivity index (χ3v) is 5.70. The van der Waals surface area contributed by atoms with Crippen LogP contribution in [0, 0.1) is 0 Å². The molecule has 1 aromatic heterocycles. The molecule has 3 aromatic rings. The van der Waals surface area contributed by atoms with Crippen molar-refractivity contribution in [2.45, 2.75) is 13.5 Å². The van der Waals surface area contributed by atoms with Gasteiger partial charge in [0, 0.05) is 6.08 Å². The number of thioether (sulfide) groups is 1. The molecule has 0 radical (unpaired) electrons.